The highest BCUT2D eigenvalue weighted by Crippen LogP contribution is 2.41. The Hall–Kier alpha value is -2.42. The summed E-state index contributed by atoms with van der Waals surface area (Å²) in [6, 6.07) is 15.5. The maximum absolute atomic E-state index is 11.4. The van der Waals surface area contributed by atoms with Crippen LogP contribution in [0.3, 0.4) is 0 Å². The number of rotatable bonds is 11. The lowest BCUT2D eigenvalue weighted by molar-refractivity contribution is -0.255. The Kier molecular flexibility index (Phi) is 13.2. The highest BCUT2D eigenvalue weighted by molar-refractivity contribution is 6.74. The molecule has 2 saturated heterocycles. The Morgan fingerprint density at radius 3 is 1.71 bits per heavy atom. The van der Waals surface area contributed by atoms with Gasteiger partial charge in [-0.05, 0) is 49.3 Å². The predicted molar refractivity (Wildman–Crippen MR) is 190 cm³/mol. The van der Waals surface area contributed by atoms with Crippen molar-refractivity contribution in [3.63, 3.8) is 0 Å². The molecule has 2 aliphatic heterocycles. The molecule has 2 fully saturated rings. The molecule has 2 aliphatic rings. The fourth-order valence-corrected chi connectivity index (χ4v) is 7.57. The molecule has 2 aromatic rings. The van der Waals surface area contributed by atoms with Crippen LogP contribution in [0.2, 0.25) is 18.1 Å². The molecule has 2 heterocycles. The fourth-order valence-electron chi connectivity index (χ4n) is 6.15. The van der Waals surface area contributed by atoms with E-state index in [1.807, 2.05) is 48.5 Å². The van der Waals surface area contributed by atoms with Crippen LogP contribution in [0.4, 0.5) is 0 Å². The van der Waals surface area contributed by atoms with E-state index in [9.17, 15) is 5.11 Å². The van der Waals surface area contributed by atoms with Crippen molar-refractivity contribution < 1.29 is 38.0 Å². The monoisotopic (exact) mass is 682 g/mol. The number of ether oxygens (including phenoxy) is 6. The predicted octanol–water partition coefficient (Wildman–Crippen LogP) is 7.92. The summed E-state index contributed by atoms with van der Waals surface area (Å²) in [7, 11) is 1.10. The number of hydrogen-bond donors (Lipinski definition) is 1. The van der Waals surface area contributed by atoms with Crippen molar-refractivity contribution in [1.29, 1.82) is 0 Å². The number of benzene rings is 2. The maximum atomic E-state index is 11.4. The molecule has 0 aliphatic carbocycles. The van der Waals surface area contributed by atoms with Crippen molar-refractivity contribution in [2.75, 3.05) is 27.4 Å². The second-order valence-electron chi connectivity index (χ2n) is 15.1. The SMILES string of the molecule is COc1ccc([C@@H]2OC[C@H](C)[C@H]([C@@H](C)[C@H](C[C@H](O)C#C[C@H](C)[C@@H]3O[C@H](c4ccc(OC)cc4)OC[C@@H]3C)O[Si](C)(C)C(C)(C)C)O2)cc1. The summed E-state index contributed by atoms with van der Waals surface area (Å²) in [6.07, 6.45) is -1.98. The van der Waals surface area contributed by atoms with Crippen molar-refractivity contribution in [3.8, 4) is 23.3 Å². The van der Waals surface area contributed by atoms with Gasteiger partial charge in [0.05, 0.1) is 45.7 Å². The Bertz CT molecular complexity index is 1350. The Morgan fingerprint density at radius 1 is 0.792 bits per heavy atom. The van der Waals surface area contributed by atoms with E-state index in [1.54, 1.807) is 14.2 Å². The molecule has 0 aromatic heterocycles. The molecule has 4 rings (SSSR count). The number of methoxy groups -OCH3 is 2. The van der Waals surface area contributed by atoms with Gasteiger partial charge < -0.3 is 38.0 Å². The molecule has 48 heavy (non-hydrogen) atoms. The zero-order chi connectivity index (χ0) is 35.2. The summed E-state index contributed by atoms with van der Waals surface area (Å²) < 4.78 is 42.9. The molecule has 2 aromatic carbocycles. The molecule has 0 saturated carbocycles. The molecule has 0 bridgehead atoms. The van der Waals surface area contributed by atoms with E-state index in [0.717, 1.165) is 22.6 Å². The third kappa shape index (κ3) is 9.63. The second kappa shape index (κ2) is 16.5. The van der Waals surface area contributed by atoms with Gasteiger partial charge in [0.2, 0.25) is 0 Å². The molecule has 266 valence electrons. The number of aliphatic hydroxyl groups is 1. The van der Waals surface area contributed by atoms with Crippen LogP contribution in [0.15, 0.2) is 48.5 Å². The zero-order valence-corrected chi connectivity index (χ0v) is 31.8. The van der Waals surface area contributed by atoms with E-state index in [4.69, 9.17) is 32.8 Å². The first kappa shape index (κ1) is 38.4. The third-order valence-corrected chi connectivity index (χ3v) is 14.8. The topological polar surface area (TPSA) is 84.8 Å². The molecule has 0 radical (unpaired) electrons. The van der Waals surface area contributed by atoms with Crippen LogP contribution in [-0.2, 0) is 23.4 Å². The first-order valence-electron chi connectivity index (χ1n) is 17.3. The maximum Gasteiger partial charge on any atom is 0.192 e. The molecule has 10 atom stereocenters. The number of hydrogen-bond acceptors (Lipinski definition) is 8. The van der Waals surface area contributed by atoms with Crippen molar-refractivity contribution in [3.05, 3.63) is 59.7 Å². The van der Waals surface area contributed by atoms with Gasteiger partial charge in [0.25, 0.3) is 0 Å². The van der Waals surface area contributed by atoms with Gasteiger partial charge in [0.15, 0.2) is 20.9 Å². The van der Waals surface area contributed by atoms with Crippen molar-refractivity contribution in [2.45, 2.75) is 110 Å². The highest BCUT2D eigenvalue weighted by Gasteiger charge is 2.44. The van der Waals surface area contributed by atoms with E-state index in [-0.39, 0.29) is 47.0 Å². The summed E-state index contributed by atoms with van der Waals surface area (Å²) in [5, 5.41) is 11.4. The smallest absolute Gasteiger partial charge is 0.192 e. The average molecular weight is 683 g/mol. The van der Waals surface area contributed by atoms with Gasteiger partial charge in [-0.3, -0.25) is 0 Å². The van der Waals surface area contributed by atoms with Gasteiger partial charge in [-0.2, -0.15) is 0 Å². The van der Waals surface area contributed by atoms with Crippen LogP contribution in [0.25, 0.3) is 0 Å². The minimum atomic E-state index is -2.20. The van der Waals surface area contributed by atoms with E-state index in [2.05, 4.69) is 73.4 Å². The van der Waals surface area contributed by atoms with Crippen LogP contribution in [0.5, 0.6) is 11.5 Å². The summed E-state index contributed by atoms with van der Waals surface area (Å²) in [4.78, 5) is 0. The van der Waals surface area contributed by atoms with Gasteiger partial charge in [-0.1, -0.05) is 77.6 Å². The first-order valence-corrected chi connectivity index (χ1v) is 20.2. The quantitative estimate of drug-likeness (QED) is 0.189. The molecular formula is C39H58O8Si. The van der Waals surface area contributed by atoms with Crippen LogP contribution < -0.4 is 9.47 Å². The van der Waals surface area contributed by atoms with Gasteiger partial charge in [-0.15, -0.1) is 0 Å². The largest absolute Gasteiger partial charge is 0.497 e. The van der Waals surface area contributed by atoms with Crippen LogP contribution >= 0.6 is 0 Å². The van der Waals surface area contributed by atoms with E-state index >= 15 is 0 Å². The molecule has 8 nitrogen and oxygen atoms in total. The Balaban J connectivity index is 1.48. The van der Waals surface area contributed by atoms with E-state index in [0.29, 0.717) is 19.6 Å². The standard InChI is InChI=1S/C39H58O8Si/c1-25(35-26(2)23-43-37(45-35)29-13-18-32(41-8)19-14-29)12-17-31(40)22-34(47-48(10,11)39(5,6)7)28(4)36-27(3)24-44-38(46-36)30-15-20-33(42-9)21-16-30/h13-16,18-21,25-28,31,34-38,40H,22-24H2,1-11H3/t25-,26-,27-,28-,31+,34-,35-,36+,37+,38+/m0/s1. The minimum absolute atomic E-state index is 0.000843. The summed E-state index contributed by atoms with van der Waals surface area (Å²) >= 11 is 0. The first-order chi connectivity index (χ1) is 22.6. The molecule has 0 amide bonds. The van der Waals surface area contributed by atoms with Crippen LogP contribution in [0, 0.1) is 35.5 Å². The molecule has 0 spiro atoms. The van der Waals surface area contributed by atoms with E-state index in [1.165, 1.54) is 0 Å². The summed E-state index contributed by atoms with van der Waals surface area (Å²) in [5.74, 6) is 8.24. The summed E-state index contributed by atoms with van der Waals surface area (Å²) in [5.41, 5.74) is 1.88. The molecule has 9 heteroatoms. The van der Waals surface area contributed by atoms with Crippen molar-refractivity contribution in [1.82, 2.24) is 0 Å². The number of aliphatic hydroxyl groups excluding tert-OH is 1. The van der Waals surface area contributed by atoms with Crippen molar-refractivity contribution in [2.24, 2.45) is 23.7 Å². The summed E-state index contributed by atoms with van der Waals surface area (Å²) in [6.45, 7) is 20.9. The van der Waals surface area contributed by atoms with Crippen molar-refractivity contribution >= 4 is 8.32 Å². The van der Waals surface area contributed by atoms with Gasteiger partial charge in [0.1, 0.15) is 17.6 Å². The van der Waals surface area contributed by atoms with Crippen LogP contribution in [-0.4, -0.2) is 65.3 Å². The molecule has 1 N–H and O–H groups in total. The minimum Gasteiger partial charge on any atom is -0.497 e. The normalized spacial score (nSPS) is 27.6. The zero-order valence-electron chi connectivity index (χ0n) is 30.8. The van der Waals surface area contributed by atoms with Gasteiger partial charge >= 0.3 is 0 Å². The lowest BCUT2D eigenvalue weighted by atomic mass is 9.86. The Labute approximate surface area is 289 Å². The highest BCUT2D eigenvalue weighted by atomic mass is 28.4. The van der Waals surface area contributed by atoms with Gasteiger partial charge in [0, 0.05) is 41.2 Å². The fraction of sp³-hybridized carbons (Fsp3) is 0.641. The second-order valence-corrected chi connectivity index (χ2v) is 19.9. The Morgan fingerprint density at radius 2 is 1.25 bits per heavy atom. The lowest BCUT2D eigenvalue weighted by Crippen LogP contribution is -2.50. The average Bonchev–Trinajstić information content (AvgIpc) is 3.06. The third-order valence-electron chi connectivity index (χ3n) is 10.3. The van der Waals surface area contributed by atoms with Gasteiger partial charge in [-0.25, -0.2) is 0 Å². The lowest BCUT2D eigenvalue weighted by Gasteiger charge is -2.45. The van der Waals surface area contributed by atoms with Crippen LogP contribution in [0.1, 0.15) is 78.6 Å². The van der Waals surface area contributed by atoms with E-state index < -0.39 is 27.0 Å². The molecular weight excluding hydrogens is 625 g/mol. The molecule has 0 unspecified atom stereocenters.